The van der Waals surface area contributed by atoms with E-state index in [4.69, 9.17) is 4.74 Å². The highest BCUT2D eigenvalue weighted by molar-refractivity contribution is 9.09. The molecule has 1 nitrogen and oxygen atoms in total. The predicted molar refractivity (Wildman–Crippen MR) is 86.9 cm³/mol. The number of ether oxygens (including phenoxy) is 1. The van der Waals surface area contributed by atoms with E-state index in [0.29, 0.717) is 0 Å². The molecule has 0 radical (unpaired) electrons. The van der Waals surface area contributed by atoms with Gasteiger partial charge in [-0.15, -0.1) is 0 Å². The van der Waals surface area contributed by atoms with E-state index < -0.39 is 0 Å². The fraction of sp³-hybridized carbons (Fsp3) is 0.333. The molecule has 110 valence electrons. The average molecular weight is 349 g/mol. The first-order chi connectivity index (χ1) is 10.2. The standard InChI is InChI=1S/C18H18BrFO/c1-12-5-6-18-14(7-12)9-17(21-18)10-15(11-19)13-3-2-4-16(20)8-13/h2-8,15,17H,9-11H2,1H3. The monoisotopic (exact) mass is 348 g/mol. The highest BCUT2D eigenvalue weighted by atomic mass is 79.9. The Bertz CT molecular complexity index is 641. The van der Waals surface area contributed by atoms with Crippen molar-refractivity contribution in [3.63, 3.8) is 0 Å². The summed E-state index contributed by atoms with van der Waals surface area (Å²) >= 11 is 3.55. The minimum Gasteiger partial charge on any atom is -0.490 e. The number of halogens is 2. The Labute approximate surface area is 133 Å². The Morgan fingerprint density at radius 2 is 2.14 bits per heavy atom. The van der Waals surface area contributed by atoms with Gasteiger partial charge in [0.15, 0.2) is 0 Å². The Morgan fingerprint density at radius 1 is 1.29 bits per heavy atom. The summed E-state index contributed by atoms with van der Waals surface area (Å²) in [7, 11) is 0. The molecular weight excluding hydrogens is 331 g/mol. The SMILES string of the molecule is Cc1ccc2c(c1)CC(CC(CBr)c1cccc(F)c1)O2. The molecule has 2 aromatic rings. The molecule has 0 saturated carbocycles. The Balaban J connectivity index is 1.72. The highest BCUT2D eigenvalue weighted by Crippen LogP contribution is 2.34. The van der Waals surface area contributed by atoms with Crippen molar-refractivity contribution in [1.29, 1.82) is 0 Å². The Hall–Kier alpha value is -1.35. The predicted octanol–water partition coefficient (Wildman–Crippen LogP) is 5.01. The van der Waals surface area contributed by atoms with E-state index in [9.17, 15) is 4.39 Å². The maximum atomic E-state index is 13.4. The van der Waals surface area contributed by atoms with E-state index >= 15 is 0 Å². The summed E-state index contributed by atoms with van der Waals surface area (Å²) in [5.41, 5.74) is 3.58. The first-order valence-electron chi connectivity index (χ1n) is 7.23. The van der Waals surface area contributed by atoms with Crippen LogP contribution in [-0.4, -0.2) is 11.4 Å². The highest BCUT2D eigenvalue weighted by Gasteiger charge is 2.26. The molecule has 0 aliphatic carbocycles. The van der Waals surface area contributed by atoms with E-state index in [2.05, 4.69) is 41.1 Å². The van der Waals surface area contributed by atoms with Gasteiger partial charge in [0.25, 0.3) is 0 Å². The summed E-state index contributed by atoms with van der Waals surface area (Å²) in [6, 6.07) is 13.2. The van der Waals surface area contributed by atoms with Crippen molar-refractivity contribution in [1.82, 2.24) is 0 Å². The van der Waals surface area contributed by atoms with Gasteiger partial charge < -0.3 is 4.74 Å². The molecule has 0 bridgehead atoms. The zero-order valence-electron chi connectivity index (χ0n) is 12.0. The molecular formula is C18H18BrFO. The van der Waals surface area contributed by atoms with E-state index in [1.54, 1.807) is 12.1 Å². The lowest BCUT2D eigenvalue weighted by molar-refractivity contribution is 0.213. The van der Waals surface area contributed by atoms with Gasteiger partial charge in [-0.2, -0.15) is 0 Å². The number of alkyl halides is 1. The van der Waals surface area contributed by atoms with Crippen molar-refractivity contribution in [2.75, 3.05) is 5.33 Å². The van der Waals surface area contributed by atoms with Gasteiger partial charge in [0, 0.05) is 11.8 Å². The quantitative estimate of drug-likeness (QED) is 0.706. The first kappa shape index (κ1) is 14.6. The summed E-state index contributed by atoms with van der Waals surface area (Å²) < 4.78 is 19.4. The lowest BCUT2D eigenvalue weighted by atomic mass is 9.93. The molecule has 2 atom stereocenters. The minimum absolute atomic E-state index is 0.174. The fourth-order valence-electron chi connectivity index (χ4n) is 2.95. The number of rotatable bonds is 4. The summed E-state index contributed by atoms with van der Waals surface area (Å²) in [6.45, 7) is 2.10. The number of aryl methyl sites for hydroxylation is 1. The van der Waals surface area contributed by atoms with E-state index in [1.165, 1.54) is 17.2 Å². The van der Waals surface area contributed by atoms with Crippen LogP contribution in [0, 0.1) is 12.7 Å². The van der Waals surface area contributed by atoms with Crippen molar-refractivity contribution in [3.05, 3.63) is 65.0 Å². The van der Waals surface area contributed by atoms with Crippen LogP contribution in [0.25, 0.3) is 0 Å². The van der Waals surface area contributed by atoms with Crippen molar-refractivity contribution in [3.8, 4) is 5.75 Å². The van der Waals surface area contributed by atoms with Crippen LogP contribution in [-0.2, 0) is 6.42 Å². The summed E-state index contributed by atoms with van der Waals surface area (Å²) in [5.74, 6) is 1.09. The van der Waals surface area contributed by atoms with Crippen molar-refractivity contribution in [2.45, 2.75) is 31.8 Å². The van der Waals surface area contributed by atoms with Gasteiger partial charge in [-0.3, -0.25) is 0 Å². The van der Waals surface area contributed by atoms with Crippen molar-refractivity contribution >= 4 is 15.9 Å². The van der Waals surface area contributed by atoms with Gasteiger partial charge >= 0.3 is 0 Å². The van der Waals surface area contributed by atoms with Gasteiger partial charge in [-0.25, -0.2) is 4.39 Å². The first-order valence-corrected chi connectivity index (χ1v) is 8.35. The number of benzene rings is 2. The smallest absolute Gasteiger partial charge is 0.123 e. The molecule has 0 spiro atoms. The minimum atomic E-state index is -0.176. The molecule has 1 aliphatic rings. The molecule has 1 aliphatic heterocycles. The van der Waals surface area contributed by atoms with Gasteiger partial charge in [0.1, 0.15) is 17.7 Å². The lowest BCUT2D eigenvalue weighted by Crippen LogP contribution is -2.18. The summed E-state index contributed by atoms with van der Waals surface area (Å²) in [4.78, 5) is 0. The Morgan fingerprint density at radius 3 is 2.90 bits per heavy atom. The van der Waals surface area contributed by atoms with Crippen LogP contribution in [0.2, 0.25) is 0 Å². The molecule has 0 saturated heterocycles. The maximum Gasteiger partial charge on any atom is 0.123 e. The number of hydrogen-bond acceptors (Lipinski definition) is 1. The summed E-state index contributed by atoms with van der Waals surface area (Å²) in [6.07, 6.45) is 2.01. The van der Waals surface area contributed by atoms with Crippen molar-refractivity contribution in [2.24, 2.45) is 0 Å². The molecule has 3 rings (SSSR count). The second-order valence-corrected chi connectivity index (χ2v) is 6.34. The van der Waals surface area contributed by atoms with Crippen LogP contribution in [0.3, 0.4) is 0 Å². The molecule has 0 fully saturated rings. The van der Waals surface area contributed by atoms with Gasteiger partial charge in [0.2, 0.25) is 0 Å². The van der Waals surface area contributed by atoms with Crippen LogP contribution in [0.15, 0.2) is 42.5 Å². The van der Waals surface area contributed by atoms with Crippen LogP contribution in [0.1, 0.15) is 29.0 Å². The second kappa shape index (κ2) is 6.18. The fourth-order valence-corrected chi connectivity index (χ4v) is 3.58. The van der Waals surface area contributed by atoms with E-state index in [1.807, 2.05) is 6.07 Å². The van der Waals surface area contributed by atoms with Crippen LogP contribution in [0.4, 0.5) is 4.39 Å². The molecule has 0 amide bonds. The largest absolute Gasteiger partial charge is 0.490 e. The van der Waals surface area contributed by atoms with Crippen LogP contribution >= 0.6 is 15.9 Å². The molecule has 1 heterocycles. The molecule has 21 heavy (non-hydrogen) atoms. The molecule has 0 N–H and O–H groups in total. The molecule has 0 aromatic heterocycles. The third kappa shape index (κ3) is 3.29. The van der Waals surface area contributed by atoms with E-state index in [-0.39, 0.29) is 17.8 Å². The van der Waals surface area contributed by atoms with Gasteiger partial charge in [0.05, 0.1) is 0 Å². The topological polar surface area (TPSA) is 9.23 Å². The normalized spacial score (nSPS) is 18.1. The van der Waals surface area contributed by atoms with Crippen LogP contribution < -0.4 is 4.74 Å². The molecule has 2 unspecified atom stereocenters. The maximum absolute atomic E-state index is 13.4. The lowest BCUT2D eigenvalue weighted by Gasteiger charge is -2.19. The van der Waals surface area contributed by atoms with Gasteiger partial charge in [-0.1, -0.05) is 45.8 Å². The number of fused-ring (bicyclic) bond motifs is 1. The third-order valence-corrected chi connectivity index (χ3v) is 4.79. The average Bonchev–Trinajstić information content (AvgIpc) is 2.86. The zero-order chi connectivity index (χ0) is 14.8. The number of hydrogen-bond donors (Lipinski definition) is 0. The summed E-state index contributed by atoms with van der Waals surface area (Å²) in [5, 5.41) is 0.811. The van der Waals surface area contributed by atoms with Crippen LogP contribution in [0.5, 0.6) is 5.75 Å². The molecule has 3 heteroatoms. The third-order valence-electron chi connectivity index (χ3n) is 4.01. The second-order valence-electron chi connectivity index (χ2n) is 5.70. The Kier molecular flexibility index (Phi) is 4.29. The van der Waals surface area contributed by atoms with Gasteiger partial charge in [-0.05, 0) is 48.6 Å². The zero-order valence-corrected chi connectivity index (χ0v) is 13.6. The van der Waals surface area contributed by atoms with Crippen molar-refractivity contribution < 1.29 is 9.13 Å². The molecule has 2 aromatic carbocycles. The van der Waals surface area contributed by atoms with E-state index in [0.717, 1.165) is 29.5 Å².